The van der Waals surface area contributed by atoms with E-state index in [2.05, 4.69) is 15.3 Å². The molecule has 140 valence electrons. The van der Waals surface area contributed by atoms with Crippen molar-refractivity contribution in [3.63, 3.8) is 0 Å². The molecule has 1 amide bonds. The summed E-state index contributed by atoms with van der Waals surface area (Å²) in [7, 11) is 1.55. The number of aromatic nitrogens is 2. The summed E-state index contributed by atoms with van der Waals surface area (Å²) in [5.41, 5.74) is 4.25. The number of benzene rings is 2. The zero-order chi connectivity index (χ0) is 19.6. The standard InChI is InChI=1S/C21H23N3O3/c1-12(2)27-21-19(20(25)23-15-8-6-7-9-18(15)26-5)22-16-10-13(3)14(4)11-17(16)24-21/h6-12H,1-5H3,(H,23,25). The van der Waals surface area contributed by atoms with Gasteiger partial charge in [-0.25, -0.2) is 9.97 Å². The zero-order valence-electron chi connectivity index (χ0n) is 16.2. The molecule has 3 rings (SSSR count). The first-order valence-electron chi connectivity index (χ1n) is 8.79. The van der Waals surface area contributed by atoms with E-state index in [4.69, 9.17) is 9.47 Å². The van der Waals surface area contributed by atoms with Crippen molar-refractivity contribution in [2.75, 3.05) is 12.4 Å². The Labute approximate surface area is 158 Å². The van der Waals surface area contributed by atoms with Crippen molar-refractivity contribution in [1.82, 2.24) is 9.97 Å². The minimum atomic E-state index is -0.400. The number of fused-ring (bicyclic) bond motifs is 1. The maximum atomic E-state index is 12.9. The Morgan fingerprint density at radius 1 is 1.04 bits per heavy atom. The number of hydrogen-bond acceptors (Lipinski definition) is 5. The van der Waals surface area contributed by atoms with E-state index in [1.165, 1.54) is 0 Å². The molecule has 1 N–H and O–H groups in total. The number of aryl methyl sites for hydroxylation is 2. The summed E-state index contributed by atoms with van der Waals surface area (Å²) in [6, 6.07) is 11.1. The fourth-order valence-electron chi connectivity index (χ4n) is 2.68. The quantitative estimate of drug-likeness (QED) is 0.730. The summed E-state index contributed by atoms with van der Waals surface area (Å²) in [6.07, 6.45) is -0.138. The SMILES string of the molecule is COc1ccccc1NC(=O)c1nc2cc(C)c(C)cc2nc1OC(C)C. The van der Waals surface area contributed by atoms with Crippen LogP contribution >= 0.6 is 0 Å². The van der Waals surface area contributed by atoms with Gasteiger partial charge in [-0.05, 0) is 63.1 Å². The summed E-state index contributed by atoms with van der Waals surface area (Å²) in [6.45, 7) is 7.79. The predicted molar refractivity (Wildman–Crippen MR) is 106 cm³/mol. The molecule has 6 nitrogen and oxygen atoms in total. The first-order chi connectivity index (χ1) is 12.9. The number of nitrogens with zero attached hydrogens (tertiary/aromatic N) is 2. The molecule has 0 aliphatic carbocycles. The summed E-state index contributed by atoms with van der Waals surface area (Å²) in [5.74, 6) is 0.383. The van der Waals surface area contributed by atoms with E-state index in [1.807, 2.05) is 52.0 Å². The first-order valence-corrected chi connectivity index (χ1v) is 8.79. The Morgan fingerprint density at radius 2 is 1.67 bits per heavy atom. The second kappa shape index (κ2) is 7.61. The molecular formula is C21H23N3O3. The van der Waals surface area contributed by atoms with Gasteiger partial charge in [0.15, 0.2) is 5.69 Å². The van der Waals surface area contributed by atoms with Crippen LogP contribution in [0.5, 0.6) is 11.6 Å². The Kier molecular flexibility index (Phi) is 5.26. The van der Waals surface area contributed by atoms with Crippen LogP contribution in [0.25, 0.3) is 11.0 Å². The van der Waals surface area contributed by atoms with E-state index in [0.29, 0.717) is 22.5 Å². The normalized spacial score (nSPS) is 10.9. The van der Waals surface area contributed by atoms with Crippen LogP contribution in [-0.4, -0.2) is 29.1 Å². The van der Waals surface area contributed by atoms with E-state index >= 15 is 0 Å². The van der Waals surface area contributed by atoms with Crippen molar-refractivity contribution in [1.29, 1.82) is 0 Å². The molecule has 0 fully saturated rings. The van der Waals surface area contributed by atoms with Crippen molar-refractivity contribution < 1.29 is 14.3 Å². The molecule has 0 radical (unpaired) electrons. The molecule has 2 aromatic carbocycles. The molecule has 3 aromatic rings. The van der Waals surface area contributed by atoms with Crippen molar-refractivity contribution in [2.24, 2.45) is 0 Å². The second-order valence-electron chi connectivity index (χ2n) is 6.62. The number of carbonyl (C=O) groups excluding carboxylic acids is 1. The summed E-state index contributed by atoms with van der Waals surface area (Å²) in [5, 5.41) is 2.84. The van der Waals surface area contributed by atoms with Crippen LogP contribution in [0.1, 0.15) is 35.5 Å². The molecular weight excluding hydrogens is 342 g/mol. The number of amides is 1. The highest BCUT2D eigenvalue weighted by molar-refractivity contribution is 6.06. The topological polar surface area (TPSA) is 73.3 Å². The molecule has 0 saturated heterocycles. The van der Waals surface area contributed by atoms with Gasteiger partial charge in [-0.1, -0.05) is 12.1 Å². The number of carbonyl (C=O) groups is 1. The second-order valence-corrected chi connectivity index (χ2v) is 6.62. The lowest BCUT2D eigenvalue weighted by atomic mass is 10.1. The van der Waals surface area contributed by atoms with Gasteiger partial charge in [-0.15, -0.1) is 0 Å². The predicted octanol–water partition coefficient (Wildman–Crippen LogP) is 4.29. The van der Waals surface area contributed by atoms with E-state index in [1.54, 1.807) is 19.2 Å². The van der Waals surface area contributed by atoms with Crippen molar-refractivity contribution in [2.45, 2.75) is 33.8 Å². The van der Waals surface area contributed by atoms with Crippen molar-refractivity contribution in [3.05, 3.63) is 53.2 Å². The molecule has 0 spiro atoms. The number of ether oxygens (including phenoxy) is 2. The Hall–Kier alpha value is -3.15. The van der Waals surface area contributed by atoms with Gasteiger partial charge >= 0.3 is 0 Å². The highest BCUT2D eigenvalue weighted by atomic mass is 16.5. The molecule has 1 aromatic heterocycles. The maximum absolute atomic E-state index is 12.9. The van der Waals surface area contributed by atoms with Crippen LogP contribution in [0.3, 0.4) is 0 Å². The van der Waals surface area contributed by atoms with Crippen LogP contribution < -0.4 is 14.8 Å². The molecule has 0 aliphatic rings. The molecule has 0 saturated carbocycles. The Balaban J connectivity index is 2.07. The minimum absolute atomic E-state index is 0.138. The fourth-order valence-corrected chi connectivity index (χ4v) is 2.68. The molecule has 0 bridgehead atoms. The lowest BCUT2D eigenvalue weighted by Gasteiger charge is -2.15. The van der Waals surface area contributed by atoms with Crippen LogP contribution in [0.4, 0.5) is 5.69 Å². The number of hydrogen-bond donors (Lipinski definition) is 1. The van der Waals surface area contributed by atoms with Gasteiger partial charge in [-0.2, -0.15) is 0 Å². The van der Waals surface area contributed by atoms with E-state index in [0.717, 1.165) is 11.1 Å². The Bertz CT molecular complexity index is 999. The van der Waals surface area contributed by atoms with E-state index in [9.17, 15) is 4.79 Å². The van der Waals surface area contributed by atoms with Crippen LogP contribution in [0, 0.1) is 13.8 Å². The molecule has 6 heteroatoms. The number of nitrogens with one attached hydrogen (secondary N) is 1. The zero-order valence-corrected chi connectivity index (χ0v) is 16.2. The average Bonchev–Trinajstić information content (AvgIpc) is 2.62. The largest absolute Gasteiger partial charge is 0.495 e. The molecule has 27 heavy (non-hydrogen) atoms. The lowest BCUT2D eigenvalue weighted by Crippen LogP contribution is -2.19. The molecule has 0 unspecified atom stereocenters. The van der Waals surface area contributed by atoms with Crippen molar-refractivity contribution >= 4 is 22.6 Å². The van der Waals surface area contributed by atoms with Gasteiger partial charge in [0.2, 0.25) is 5.88 Å². The third-order valence-electron chi connectivity index (χ3n) is 4.17. The van der Waals surface area contributed by atoms with Gasteiger partial charge in [0.25, 0.3) is 5.91 Å². The van der Waals surface area contributed by atoms with Crippen molar-refractivity contribution in [3.8, 4) is 11.6 Å². The fraction of sp³-hybridized carbons (Fsp3) is 0.286. The number of anilines is 1. The summed E-state index contributed by atoms with van der Waals surface area (Å²) >= 11 is 0. The van der Waals surface area contributed by atoms with Gasteiger partial charge < -0.3 is 14.8 Å². The molecule has 1 heterocycles. The average molecular weight is 365 g/mol. The Morgan fingerprint density at radius 3 is 2.30 bits per heavy atom. The van der Waals surface area contributed by atoms with Gasteiger partial charge in [-0.3, -0.25) is 4.79 Å². The smallest absolute Gasteiger partial charge is 0.280 e. The van der Waals surface area contributed by atoms with E-state index in [-0.39, 0.29) is 17.7 Å². The number of rotatable bonds is 5. The first kappa shape index (κ1) is 18.6. The summed E-state index contributed by atoms with van der Waals surface area (Å²) < 4.78 is 11.1. The maximum Gasteiger partial charge on any atom is 0.280 e. The minimum Gasteiger partial charge on any atom is -0.495 e. The van der Waals surface area contributed by atoms with Gasteiger partial charge in [0, 0.05) is 0 Å². The molecule has 0 aliphatic heterocycles. The van der Waals surface area contributed by atoms with Crippen LogP contribution in [-0.2, 0) is 0 Å². The monoisotopic (exact) mass is 365 g/mol. The van der Waals surface area contributed by atoms with Crippen LogP contribution in [0.15, 0.2) is 36.4 Å². The van der Waals surface area contributed by atoms with Crippen LogP contribution in [0.2, 0.25) is 0 Å². The summed E-state index contributed by atoms with van der Waals surface area (Å²) in [4.78, 5) is 22.0. The highest BCUT2D eigenvalue weighted by Crippen LogP contribution is 2.27. The van der Waals surface area contributed by atoms with Gasteiger partial charge in [0.05, 0.1) is 29.9 Å². The number of methoxy groups -OCH3 is 1. The highest BCUT2D eigenvalue weighted by Gasteiger charge is 2.20. The lowest BCUT2D eigenvalue weighted by molar-refractivity contribution is 0.101. The van der Waals surface area contributed by atoms with Gasteiger partial charge in [0.1, 0.15) is 5.75 Å². The third kappa shape index (κ3) is 4.00. The van der Waals surface area contributed by atoms with E-state index < -0.39 is 5.91 Å². The molecule has 0 atom stereocenters. The third-order valence-corrected chi connectivity index (χ3v) is 4.17. The number of para-hydroxylation sites is 2.